The SMILES string of the molecule is Cc1ccc(-c2n[nH]c(=S)n2CC(=O)N2CCC(CN3CC(C)OC(C)C3)CC2)cc1. The average molecular weight is 444 g/mol. The molecule has 1 aromatic carbocycles. The van der Waals surface area contributed by atoms with E-state index >= 15 is 0 Å². The summed E-state index contributed by atoms with van der Waals surface area (Å²) in [6.45, 7) is 11.3. The fourth-order valence-corrected chi connectivity index (χ4v) is 4.98. The van der Waals surface area contributed by atoms with Gasteiger partial charge in [-0.15, -0.1) is 0 Å². The first-order chi connectivity index (χ1) is 14.9. The molecule has 2 aliphatic rings. The fourth-order valence-electron chi connectivity index (χ4n) is 4.79. The van der Waals surface area contributed by atoms with Crippen LogP contribution in [-0.2, 0) is 16.1 Å². The number of amides is 1. The second kappa shape index (κ2) is 9.63. The summed E-state index contributed by atoms with van der Waals surface area (Å²) in [6, 6.07) is 8.11. The van der Waals surface area contributed by atoms with Crippen LogP contribution in [-0.4, -0.2) is 75.4 Å². The quantitative estimate of drug-likeness (QED) is 0.719. The Morgan fingerprint density at radius 3 is 2.45 bits per heavy atom. The van der Waals surface area contributed by atoms with Crippen molar-refractivity contribution in [2.75, 3.05) is 32.7 Å². The van der Waals surface area contributed by atoms with E-state index in [2.05, 4.69) is 28.9 Å². The monoisotopic (exact) mass is 443 g/mol. The van der Waals surface area contributed by atoms with E-state index in [0.29, 0.717) is 28.7 Å². The van der Waals surface area contributed by atoms with Crippen molar-refractivity contribution in [2.45, 2.75) is 52.4 Å². The third kappa shape index (κ3) is 5.42. The smallest absolute Gasteiger partial charge is 0.242 e. The van der Waals surface area contributed by atoms with Crippen LogP contribution in [0, 0.1) is 17.6 Å². The van der Waals surface area contributed by atoms with E-state index in [-0.39, 0.29) is 12.5 Å². The predicted octanol–water partition coefficient (Wildman–Crippen LogP) is 3.26. The Labute approximate surface area is 189 Å². The fraction of sp³-hybridized carbons (Fsp3) is 0.609. The molecule has 2 aliphatic heterocycles. The van der Waals surface area contributed by atoms with Crippen LogP contribution >= 0.6 is 12.2 Å². The first-order valence-corrected chi connectivity index (χ1v) is 11.7. The Hall–Kier alpha value is -2.03. The molecule has 7 nitrogen and oxygen atoms in total. The first kappa shape index (κ1) is 22.2. The minimum absolute atomic E-state index is 0.109. The molecule has 0 aliphatic carbocycles. The van der Waals surface area contributed by atoms with Gasteiger partial charge in [-0.3, -0.25) is 19.4 Å². The second-order valence-electron chi connectivity index (χ2n) is 9.10. The number of hydrogen-bond donors (Lipinski definition) is 1. The summed E-state index contributed by atoms with van der Waals surface area (Å²) in [5.74, 6) is 1.46. The number of aromatic amines is 1. The van der Waals surface area contributed by atoms with Crippen LogP contribution in [0.1, 0.15) is 32.3 Å². The molecule has 168 valence electrons. The molecule has 2 atom stereocenters. The maximum absolute atomic E-state index is 13.0. The summed E-state index contributed by atoms with van der Waals surface area (Å²) in [7, 11) is 0. The van der Waals surface area contributed by atoms with Gasteiger partial charge in [0.2, 0.25) is 5.91 Å². The molecule has 4 rings (SSSR count). The van der Waals surface area contributed by atoms with E-state index in [4.69, 9.17) is 17.0 Å². The molecule has 2 saturated heterocycles. The normalized spacial score (nSPS) is 23.3. The van der Waals surface area contributed by atoms with E-state index in [1.165, 1.54) is 5.56 Å². The maximum Gasteiger partial charge on any atom is 0.242 e. The minimum atomic E-state index is 0.109. The number of carbonyl (C=O) groups is 1. The van der Waals surface area contributed by atoms with E-state index in [0.717, 1.165) is 51.1 Å². The third-order valence-corrected chi connectivity index (χ3v) is 6.65. The molecule has 31 heavy (non-hydrogen) atoms. The number of aryl methyl sites for hydroxylation is 1. The van der Waals surface area contributed by atoms with Crippen molar-refractivity contribution in [2.24, 2.45) is 5.92 Å². The number of rotatable bonds is 5. The molecule has 3 heterocycles. The highest BCUT2D eigenvalue weighted by Crippen LogP contribution is 2.22. The van der Waals surface area contributed by atoms with Crippen LogP contribution in [0.2, 0.25) is 0 Å². The van der Waals surface area contributed by atoms with E-state index < -0.39 is 0 Å². The van der Waals surface area contributed by atoms with Gasteiger partial charge >= 0.3 is 0 Å². The van der Waals surface area contributed by atoms with Crippen molar-refractivity contribution < 1.29 is 9.53 Å². The lowest BCUT2D eigenvalue weighted by atomic mass is 9.95. The highest BCUT2D eigenvalue weighted by atomic mass is 32.1. The molecule has 0 spiro atoms. The summed E-state index contributed by atoms with van der Waals surface area (Å²) in [5, 5.41) is 7.21. The van der Waals surface area contributed by atoms with Crippen molar-refractivity contribution in [1.29, 1.82) is 0 Å². The second-order valence-corrected chi connectivity index (χ2v) is 9.49. The van der Waals surface area contributed by atoms with Crippen LogP contribution in [0.4, 0.5) is 0 Å². The Morgan fingerprint density at radius 1 is 1.16 bits per heavy atom. The maximum atomic E-state index is 13.0. The zero-order chi connectivity index (χ0) is 22.0. The number of H-pyrrole nitrogens is 1. The van der Waals surface area contributed by atoms with E-state index in [1.54, 1.807) is 0 Å². The molecule has 8 heteroatoms. The number of aromatic nitrogens is 3. The number of morpholine rings is 1. The van der Waals surface area contributed by atoms with Crippen molar-refractivity contribution in [3.63, 3.8) is 0 Å². The third-order valence-electron chi connectivity index (χ3n) is 6.34. The molecular formula is C23H33N5O2S. The molecule has 2 unspecified atom stereocenters. The van der Waals surface area contributed by atoms with Gasteiger partial charge in [0, 0.05) is 38.3 Å². The van der Waals surface area contributed by atoms with E-state index in [9.17, 15) is 4.79 Å². The molecule has 1 amide bonds. The molecule has 2 aromatic rings. The van der Waals surface area contributed by atoms with Gasteiger partial charge in [0.05, 0.1) is 12.2 Å². The molecule has 1 aromatic heterocycles. The number of ether oxygens (including phenoxy) is 1. The number of likely N-dealkylation sites (tertiary alicyclic amines) is 1. The first-order valence-electron chi connectivity index (χ1n) is 11.3. The van der Waals surface area contributed by atoms with Gasteiger partial charge in [-0.05, 0) is 51.7 Å². The number of nitrogens with zero attached hydrogens (tertiary/aromatic N) is 4. The lowest BCUT2D eigenvalue weighted by molar-refractivity contribution is -0.133. The van der Waals surface area contributed by atoms with Crippen LogP contribution in [0.3, 0.4) is 0 Å². The zero-order valence-corrected chi connectivity index (χ0v) is 19.5. The average Bonchev–Trinajstić information content (AvgIpc) is 3.08. The van der Waals surface area contributed by atoms with Crippen LogP contribution in [0.15, 0.2) is 24.3 Å². The summed E-state index contributed by atoms with van der Waals surface area (Å²) in [4.78, 5) is 17.5. The summed E-state index contributed by atoms with van der Waals surface area (Å²) >= 11 is 5.41. The van der Waals surface area contributed by atoms with Gasteiger partial charge in [0.25, 0.3) is 0 Å². The van der Waals surface area contributed by atoms with Crippen LogP contribution in [0.5, 0.6) is 0 Å². The topological polar surface area (TPSA) is 66.4 Å². The van der Waals surface area contributed by atoms with Crippen molar-refractivity contribution in [3.8, 4) is 11.4 Å². The number of nitrogens with one attached hydrogen (secondary N) is 1. The van der Waals surface area contributed by atoms with Crippen LogP contribution < -0.4 is 0 Å². The Balaban J connectivity index is 1.33. The lowest BCUT2D eigenvalue weighted by Gasteiger charge is -2.39. The summed E-state index contributed by atoms with van der Waals surface area (Å²) < 4.78 is 8.14. The van der Waals surface area contributed by atoms with Gasteiger partial charge in [-0.2, -0.15) is 5.10 Å². The molecule has 0 saturated carbocycles. The molecule has 2 fully saturated rings. The number of benzene rings is 1. The summed E-state index contributed by atoms with van der Waals surface area (Å²) in [5.41, 5.74) is 2.14. The van der Waals surface area contributed by atoms with Crippen molar-refractivity contribution >= 4 is 18.1 Å². The van der Waals surface area contributed by atoms with Gasteiger partial charge in [-0.1, -0.05) is 29.8 Å². The van der Waals surface area contributed by atoms with Gasteiger partial charge < -0.3 is 9.64 Å². The number of piperidine rings is 1. The van der Waals surface area contributed by atoms with Gasteiger partial charge in [0.1, 0.15) is 6.54 Å². The van der Waals surface area contributed by atoms with Crippen molar-refractivity contribution in [3.05, 3.63) is 34.6 Å². The molecular weight excluding hydrogens is 410 g/mol. The molecule has 0 radical (unpaired) electrons. The number of carbonyl (C=O) groups excluding carboxylic acids is 1. The van der Waals surface area contributed by atoms with Gasteiger partial charge in [0.15, 0.2) is 10.6 Å². The molecule has 1 N–H and O–H groups in total. The highest BCUT2D eigenvalue weighted by Gasteiger charge is 2.28. The predicted molar refractivity (Wildman–Crippen MR) is 123 cm³/mol. The minimum Gasteiger partial charge on any atom is -0.373 e. The number of hydrogen-bond acceptors (Lipinski definition) is 5. The van der Waals surface area contributed by atoms with Crippen molar-refractivity contribution in [1.82, 2.24) is 24.6 Å². The van der Waals surface area contributed by atoms with Crippen LogP contribution in [0.25, 0.3) is 11.4 Å². The zero-order valence-electron chi connectivity index (χ0n) is 18.7. The lowest BCUT2D eigenvalue weighted by Crippen LogP contribution is -2.49. The largest absolute Gasteiger partial charge is 0.373 e. The Bertz CT molecular complexity index is 936. The Kier molecular flexibility index (Phi) is 6.89. The highest BCUT2D eigenvalue weighted by molar-refractivity contribution is 7.71. The van der Waals surface area contributed by atoms with Gasteiger partial charge in [-0.25, -0.2) is 0 Å². The molecule has 0 bridgehead atoms. The summed E-state index contributed by atoms with van der Waals surface area (Å²) in [6.07, 6.45) is 2.70. The van der Waals surface area contributed by atoms with E-state index in [1.807, 2.05) is 40.7 Å². The Morgan fingerprint density at radius 2 is 1.81 bits per heavy atom. The standard InChI is InChI=1S/C23H33N5O2S/c1-16-4-6-20(7-5-16)22-24-25-23(31)28(22)15-21(29)27-10-8-19(9-11-27)14-26-12-17(2)30-18(3)13-26/h4-7,17-19H,8-15H2,1-3H3,(H,25,31).